The second kappa shape index (κ2) is 5.64. The number of nitrogens with zero attached hydrogens (tertiary/aromatic N) is 2. The molecule has 1 unspecified atom stereocenters. The van der Waals surface area contributed by atoms with E-state index in [1.165, 1.54) is 38.8 Å². The van der Waals surface area contributed by atoms with Gasteiger partial charge in [0.1, 0.15) is 0 Å². The van der Waals surface area contributed by atoms with E-state index in [2.05, 4.69) is 22.2 Å². The van der Waals surface area contributed by atoms with Gasteiger partial charge >= 0.3 is 0 Å². The molecule has 2 heterocycles. The molecule has 1 saturated heterocycles. The fourth-order valence-corrected chi connectivity index (χ4v) is 2.97. The van der Waals surface area contributed by atoms with Crippen molar-refractivity contribution >= 4 is 16.5 Å². The zero-order chi connectivity index (χ0) is 11.4. The number of nitrogen functional groups attached to an aromatic ring is 1. The SMILES string of the molecule is CCC1CCCN(Cc2csc(N)n2)CC1. The number of rotatable bonds is 3. The van der Waals surface area contributed by atoms with Crippen LogP contribution in [-0.4, -0.2) is 23.0 Å². The van der Waals surface area contributed by atoms with Gasteiger partial charge in [-0.15, -0.1) is 11.3 Å². The highest BCUT2D eigenvalue weighted by atomic mass is 32.1. The molecular formula is C12H21N3S. The highest BCUT2D eigenvalue weighted by Gasteiger charge is 2.16. The van der Waals surface area contributed by atoms with E-state index < -0.39 is 0 Å². The molecule has 4 heteroatoms. The number of anilines is 1. The zero-order valence-electron chi connectivity index (χ0n) is 9.98. The summed E-state index contributed by atoms with van der Waals surface area (Å²) in [5, 5.41) is 2.77. The minimum Gasteiger partial charge on any atom is -0.375 e. The van der Waals surface area contributed by atoms with Crippen LogP contribution >= 0.6 is 11.3 Å². The van der Waals surface area contributed by atoms with Crippen molar-refractivity contribution in [3.8, 4) is 0 Å². The summed E-state index contributed by atoms with van der Waals surface area (Å²) in [7, 11) is 0. The van der Waals surface area contributed by atoms with E-state index in [1.54, 1.807) is 11.3 Å². The largest absolute Gasteiger partial charge is 0.375 e. The fourth-order valence-electron chi connectivity index (χ4n) is 2.42. The van der Waals surface area contributed by atoms with Gasteiger partial charge < -0.3 is 5.73 Å². The number of hydrogen-bond donors (Lipinski definition) is 1. The van der Waals surface area contributed by atoms with Crippen LogP contribution in [0.15, 0.2) is 5.38 Å². The molecule has 1 fully saturated rings. The first-order valence-corrected chi connectivity index (χ1v) is 7.08. The smallest absolute Gasteiger partial charge is 0.180 e. The summed E-state index contributed by atoms with van der Waals surface area (Å²) in [6.07, 6.45) is 5.40. The molecule has 0 radical (unpaired) electrons. The summed E-state index contributed by atoms with van der Waals surface area (Å²) in [4.78, 5) is 6.85. The number of hydrogen-bond acceptors (Lipinski definition) is 4. The van der Waals surface area contributed by atoms with Crippen LogP contribution in [0.1, 0.15) is 38.3 Å². The van der Waals surface area contributed by atoms with Gasteiger partial charge in [-0.2, -0.15) is 0 Å². The lowest BCUT2D eigenvalue weighted by Gasteiger charge is -2.18. The summed E-state index contributed by atoms with van der Waals surface area (Å²) in [5.41, 5.74) is 6.78. The molecular weight excluding hydrogens is 218 g/mol. The summed E-state index contributed by atoms with van der Waals surface area (Å²) >= 11 is 1.54. The Morgan fingerprint density at radius 1 is 1.50 bits per heavy atom. The Hall–Kier alpha value is -0.610. The summed E-state index contributed by atoms with van der Waals surface area (Å²) < 4.78 is 0. The van der Waals surface area contributed by atoms with Crippen LogP contribution in [0.4, 0.5) is 5.13 Å². The second-order valence-electron chi connectivity index (χ2n) is 4.66. The molecule has 1 aliphatic rings. The molecule has 2 rings (SSSR count). The molecule has 0 aliphatic carbocycles. The first kappa shape index (κ1) is 11.9. The van der Waals surface area contributed by atoms with Gasteiger partial charge in [-0.05, 0) is 38.3 Å². The molecule has 1 aromatic rings. The van der Waals surface area contributed by atoms with E-state index in [1.807, 2.05) is 0 Å². The first-order valence-electron chi connectivity index (χ1n) is 6.20. The first-order chi connectivity index (χ1) is 7.78. The van der Waals surface area contributed by atoms with Crippen molar-refractivity contribution < 1.29 is 0 Å². The van der Waals surface area contributed by atoms with Crippen molar-refractivity contribution in [3.05, 3.63) is 11.1 Å². The second-order valence-corrected chi connectivity index (χ2v) is 5.55. The fraction of sp³-hybridized carbons (Fsp3) is 0.750. The van der Waals surface area contributed by atoms with E-state index in [-0.39, 0.29) is 0 Å². The molecule has 0 amide bonds. The van der Waals surface area contributed by atoms with Crippen molar-refractivity contribution in [2.75, 3.05) is 18.8 Å². The molecule has 1 aliphatic heterocycles. The van der Waals surface area contributed by atoms with Crippen LogP contribution in [0.5, 0.6) is 0 Å². The van der Waals surface area contributed by atoms with Gasteiger partial charge in [-0.1, -0.05) is 13.3 Å². The van der Waals surface area contributed by atoms with Crippen molar-refractivity contribution in [3.63, 3.8) is 0 Å². The van der Waals surface area contributed by atoms with Gasteiger partial charge in [0, 0.05) is 11.9 Å². The molecule has 0 spiro atoms. The van der Waals surface area contributed by atoms with Gasteiger partial charge in [0.05, 0.1) is 5.69 Å². The molecule has 1 aromatic heterocycles. The van der Waals surface area contributed by atoms with Crippen molar-refractivity contribution in [1.29, 1.82) is 0 Å². The highest BCUT2D eigenvalue weighted by Crippen LogP contribution is 2.21. The topological polar surface area (TPSA) is 42.1 Å². The molecule has 0 bridgehead atoms. The molecule has 1 atom stereocenters. The highest BCUT2D eigenvalue weighted by molar-refractivity contribution is 7.13. The van der Waals surface area contributed by atoms with Gasteiger partial charge in [-0.25, -0.2) is 4.98 Å². The third-order valence-corrected chi connectivity index (χ3v) is 4.20. The van der Waals surface area contributed by atoms with Crippen LogP contribution in [0, 0.1) is 5.92 Å². The Morgan fingerprint density at radius 3 is 3.06 bits per heavy atom. The van der Waals surface area contributed by atoms with Crippen LogP contribution in [-0.2, 0) is 6.54 Å². The predicted molar refractivity (Wildman–Crippen MR) is 69.4 cm³/mol. The minimum atomic E-state index is 0.691. The molecule has 3 nitrogen and oxygen atoms in total. The van der Waals surface area contributed by atoms with Gasteiger partial charge in [0.15, 0.2) is 5.13 Å². The Morgan fingerprint density at radius 2 is 2.38 bits per heavy atom. The van der Waals surface area contributed by atoms with Crippen LogP contribution in [0.3, 0.4) is 0 Å². The summed E-state index contributed by atoms with van der Waals surface area (Å²) in [6, 6.07) is 0. The third-order valence-electron chi connectivity index (χ3n) is 3.47. The van der Waals surface area contributed by atoms with Gasteiger partial charge in [0.2, 0.25) is 0 Å². The normalized spacial score (nSPS) is 23.2. The molecule has 90 valence electrons. The predicted octanol–water partition coefficient (Wildman–Crippen LogP) is 2.74. The van der Waals surface area contributed by atoms with E-state index in [0.717, 1.165) is 18.2 Å². The Kier molecular flexibility index (Phi) is 4.18. The summed E-state index contributed by atoms with van der Waals surface area (Å²) in [5.74, 6) is 0.936. The van der Waals surface area contributed by atoms with E-state index >= 15 is 0 Å². The lowest BCUT2D eigenvalue weighted by Crippen LogP contribution is -2.24. The Bertz CT molecular complexity index is 324. The monoisotopic (exact) mass is 239 g/mol. The number of thiazole rings is 1. The maximum Gasteiger partial charge on any atom is 0.180 e. The maximum absolute atomic E-state index is 5.65. The van der Waals surface area contributed by atoms with Crippen LogP contribution < -0.4 is 5.73 Å². The average molecular weight is 239 g/mol. The lowest BCUT2D eigenvalue weighted by atomic mass is 9.98. The minimum absolute atomic E-state index is 0.691. The van der Waals surface area contributed by atoms with E-state index in [9.17, 15) is 0 Å². The third kappa shape index (κ3) is 3.19. The number of aromatic nitrogens is 1. The maximum atomic E-state index is 5.65. The Labute approximate surface area is 102 Å². The van der Waals surface area contributed by atoms with E-state index in [0.29, 0.717) is 5.13 Å². The molecule has 2 N–H and O–H groups in total. The molecule has 16 heavy (non-hydrogen) atoms. The lowest BCUT2D eigenvalue weighted by molar-refractivity contribution is 0.269. The van der Waals surface area contributed by atoms with Crippen molar-refractivity contribution in [2.24, 2.45) is 5.92 Å². The van der Waals surface area contributed by atoms with E-state index in [4.69, 9.17) is 5.73 Å². The zero-order valence-corrected chi connectivity index (χ0v) is 10.8. The standard InChI is InChI=1S/C12H21N3S/c1-2-10-4-3-6-15(7-5-10)8-11-9-16-12(13)14-11/h9-10H,2-8H2,1H3,(H2,13,14). The summed E-state index contributed by atoms with van der Waals surface area (Å²) in [6.45, 7) is 5.72. The number of nitrogens with two attached hydrogens (primary N) is 1. The number of likely N-dealkylation sites (tertiary alicyclic amines) is 1. The quantitative estimate of drug-likeness (QED) is 0.882. The average Bonchev–Trinajstić information content (AvgIpc) is 2.55. The molecule has 0 aromatic carbocycles. The molecule has 0 saturated carbocycles. The van der Waals surface area contributed by atoms with Gasteiger partial charge in [0.25, 0.3) is 0 Å². The van der Waals surface area contributed by atoms with Crippen molar-refractivity contribution in [2.45, 2.75) is 39.2 Å². The van der Waals surface area contributed by atoms with Gasteiger partial charge in [-0.3, -0.25) is 4.90 Å². The van der Waals surface area contributed by atoms with Crippen molar-refractivity contribution in [1.82, 2.24) is 9.88 Å². The van der Waals surface area contributed by atoms with Crippen LogP contribution in [0.2, 0.25) is 0 Å². The van der Waals surface area contributed by atoms with Crippen LogP contribution in [0.25, 0.3) is 0 Å². The Balaban J connectivity index is 1.86.